The van der Waals surface area contributed by atoms with Crippen molar-refractivity contribution in [1.29, 1.82) is 0 Å². The van der Waals surface area contributed by atoms with Crippen LogP contribution in [0.3, 0.4) is 0 Å². The van der Waals surface area contributed by atoms with Crippen LogP contribution in [0.4, 0.5) is 0 Å². The van der Waals surface area contributed by atoms with E-state index in [-0.39, 0.29) is 5.91 Å². The maximum absolute atomic E-state index is 12.9. The number of carbonyl (C=O) groups excluding carboxylic acids is 1. The van der Waals surface area contributed by atoms with Gasteiger partial charge >= 0.3 is 0 Å². The molecule has 7 nitrogen and oxygen atoms in total. The number of imidazole rings is 1. The molecule has 0 aromatic carbocycles. The molecule has 0 spiro atoms. The minimum absolute atomic E-state index is 0.00142. The van der Waals surface area contributed by atoms with E-state index >= 15 is 0 Å². The molecule has 1 amide bonds. The predicted octanol–water partition coefficient (Wildman–Crippen LogP) is 1.05. The second-order valence-electron chi connectivity index (χ2n) is 6.56. The Kier molecular flexibility index (Phi) is 4.20. The van der Waals surface area contributed by atoms with E-state index in [0.29, 0.717) is 36.6 Å². The van der Waals surface area contributed by atoms with Crippen molar-refractivity contribution in [3.8, 4) is 0 Å². The van der Waals surface area contributed by atoms with Gasteiger partial charge in [0.05, 0.1) is 25.5 Å². The van der Waals surface area contributed by atoms with Crippen LogP contribution in [0, 0.1) is 0 Å². The smallest absolute Gasteiger partial charge is 0.274 e. The van der Waals surface area contributed by atoms with Crippen molar-refractivity contribution in [2.45, 2.75) is 31.8 Å². The summed E-state index contributed by atoms with van der Waals surface area (Å²) in [4.78, 5) is 21.6. The standard InChI is InChI=1S/C17H23N5O2/c1-2-4-13-11-24-12-14-10-20(7-8-21(13)14)17(23)15-9-18-16-5-3-6-19-22(15)16/h3,5-6,9,13-14H,2,4,7-8,10-12H2,1H3/t13-,14+/m0/s1. The van der Waals surface area contributed by atoms with Gasteiger partial charge in [-0.3, -0.25) is 9.69 Å². The van der Waals surface area contributed by atoms with E-state index in [1.165, 1.54) is 0 Å². The topological polar surface area (TPSA) is 63.0 Å². The molecule has 4 heterocycles. The Morgan fingerprint density at radius 2 is 2.29 bits per heavy atom. The van der Waals surface area contributed by atoms with Crippen molar-refractivity contribution >= 4 is 11.6 Å². The van der Waals surface area contributed by atoms with Crippen LogP contribution in [-0.2, 0) is 4.74 Å². The third-order valence-electron chi connectivity index (χ3n) is 5.02. The highest BCUT2D eigenvalue weighted by Gasteiger charge is 2.37. The van der Waals surface area contributed by atoms with Crippen molar-refractivity contribution in [1.82, 2.24) is 24.4 Å². The van der Waals surface area contributed by atoms with Gasteiger partial charge in [0.15, 0.2) is 11.3 Å². The van der Waals surface area contributed by atoms with Crippen LogP contribution in [0.2, 0.25) is 0 Å². The first-order valence-corrected chi connectivity index (χ1v) is 8.69. The van der Waals surface area contributed by atoms with Gasteiger partial charge < -0.3 is 9.64 Å². The van der Waals surface area contributed by atoms with Gasteiger partial charge in [-0.05, 0) is 18.6 Å². The molecule has 0 unspecified atom stereocenters. The summed E-state index contributed by atoms with van der Waals surface area (Å²) in [5, 5.41) is 4.25. The molecule has 0 N–H and O–H groups in total. The molecule has 2 aromatic rings. The monoisotopic (exact) mass is 329 g/mol. The highest BCUT2D eigenvalue weighted by Crippen LogP contribution is 2.22. The first-order chi connectivity index (χ1) is 11.8. The van der Waals surface area contributed by atoms with Crippen molar-refractivity contribution in [2.24, 2.45) is 0 Å². The molecule has 2 saturated heterocycles. The number of hydrogen-bond acceptors (Lipinski definition) is 5. The number of morpholine rings is 1. The maximum atomic E-state index is 12.9. The molecule has 0 bridgehead atoms. The number of piperazine rings is 1. The molecular weight excluding hydrogens is 306 g/mol. The fourth-order valence-corrected chi connectivity index (χ4v) is 3.84. The molecule has 128 valence electrons. The number of fused-ring (bicyclic) bond motifs is 2. The zero-order chi connectivity index (χ0) is 16.5. The number of nitrogens with zero attached hydrogens (tertiary/aromatic N) is 5. The second kappa shape index (κ2) is 6.49. The van der Waals surface area contributed by atoms with Crippen LogP contribution in [0.15, 0.2) is 24.5 Å². The number of ether oxygens (including phenoxy) is 1. The van der Waals surface area contributed by atoms with E-state index in [4.69, 9.17) is 4.74 Å². The Morgan fingerprint density at radius 3 is 3.17 bits per heavy atom. The molecule has 24 heavy (non-hydrogen) atoms. The Morgan fingerprint density at radius 1 is 1.38 bits per heavy atom. The number of amides is 1. The van der Waals surface area contributed by atoms with Crippen LogP contribution >= 0.6 is 0 Å². The molecule has 0 radical (unpaired) electrons. The lowest BCUT2D eigenvalue weighted by Gasteiger charge is -2.47. The lowest BCUT2D eigenvalue weighted by atomic mass is 10.0. The Labute approximate surface area is 141 Å². The summed E-state index contributed by atoms with van der Waals surface area (Å²) in [6, 6.07) is 4.46. The SMILES string of the molecule is CCC[C@H]1COC[C@H]2CN(C(=O)c3cnc4cccnn34)CCN12. The molecule has 2 aromatic heterocycles. The van der Waals surface area contributed by atoms with Crippen molar-refractivity contribution in [3.05, 3.63) is 30.2 Å². The number of rotatable bonds is 3. The van der Waals surface area contributed by atoms with Gasteiger partial charge in [0.2, 0.25) is 0 Å². The molecule has 2 atom stereocenters. The van der Waals surface area contributed by atoms with E-state index < -0.39 is 0 Å². The molecule has 4 rings (SSSR count). The van der Waals surface area contributed by atoms with Gasteiger partial charge in [-0.1, -0.05) is 13.3 Å². The molecule has 0 saturated carbocycles. The lowest BCUT2D eigenvalue weighted by molar-refractivity contribution is -0.0777. The first kappa shape index (κ1) is 15.5. The van der Waals surface area contributed by atoms with Gasteiger partial charge in [-0.25, -0.2) is 9.50 Å². The molecule has 2 aliphatic rings. The van der Waals surface area contributed by atoms with Crippen LogP contribution in [-0.4, -0.2) is 75.2 Å². The van der Waals surface area contributed by atoms with Gasteiger partial charge in [-0.15, -0.1) is 0 Å². The fourth-order valence-electron chi connectivity index (χ4n) is 3.84. The quantitative estimate of drug-likeness (QED) is 0.842. The van der Waals surface area contributed by atoms with E-state index in [1.807, 2.05) is 17.0 Å². The number of hydrogen-bond donors (Lipinski definition) is 0. The molecule has 7 heteroatoms. The lowest BCUT2D eigenvalue weighted by Crippen LogP contribution is -2.62. The van der Waals surface area contributed by atoms with Crippen LogP contribution in [0.5, 0.6) is 0 Å². The average molecular weight is 329 g/mol. The number of carbonyl (C=O) groups is 1. The van der Waals surface area contributed by atoms with Crippen LogP contribution in [0.25, 0.3) is 5.65 Å². The maximum Gasteiger partial charge on any atom is 0.274 e. The normalized spacial score (nSPS) is 25.0. The van der Waals surface area contributed by atoms with Crippen molar-refractivity contribution in [3.63, 3.8) is 0 Å². The Bertz CT molecular complexity index is 729. The van der Waals surface area contributed by atoms with E-state index in [0.717, 1.165) is 32.5 Å². The molecule has 0 aliphatic carbocycles. The minimum Gasteiger partial charge on any atom is -0.378 e. The van der Waals surface area contributed by atoms with Gasteiger partial charge in [0, 0.05) is 31.9 Å². The summed E-state index contributed by atoms with van der Waals surface area (Å²) < 4.78 is 7.40. The summed E-state index contributed by atoms with van der Waals surface area (Å²) in [6.07, 6.45) is 5.61. The minimum atomic E-state index is -0.00142. The largest absolute Gasteiger partial charge is 0.378 e. The molecule has 2 aliphatic heterocycles. The van der Waals surface area contributed by atoms with E-state index in [2.05, 4.69) is 21.9 Å². The van der Waals surface area contributed by atoms with E-state index in [1.54, 1.807) is 16.9 Å². The number of aromatic nitrogens is 3. The second-order valence-corrected chi connectivity index (χ2v) is 6.56. The highest BCUT2D eigenvalue weighted by molar-refractivity contribution is 5.93. The zero-order valence-electron chi connectivity index (χ0n) is 14.0. The first-order valence-electron chi connectivity index (χ1n) is 8.69. The van der Waals surface area contributed by atoms with Crippen molar-refractivity contribution < 1.29 is 9.53 Å². The third kappa shape index (κ3) is 2.67. The fraction of sp³-hybridized carbons (Fsp3) is 0.588. The van der Waals surface area contributed by atoms with Crippen molar-refractivity contribution in [2.75, 3.05) is 32.8 Å². The Hall–Kier alpha value is -1.99. The highest BCUT2D eigenvalue weighted by atomic mass is 16.5. The summed E-state index contributed by atoms with van der Waals surface area (Å²) in [5.74, 6) is -0.00142. The van der Waals surface area contributed by atoms with Crippen LogP contribution < -0.4 is 0 Å². The van der Waals surface area contributed by atoms with Gasteiger partial charge in [-0.2, -0.15) is 5.10 Å². The predicted molar refractivity (Wildman–Crippen MR) is 88.9 cm³/mol. The Balaban J connectivity index is 1.51. The van der Waals surface area contributed by atoms with E-state index in [9.17, 15) is 4.79 Å². The molecule has 2 fully saturated rings. The third-order valence-corrected chi connectivity index (χ3v) is 5.02. The summed E-state index contributed by atoms with van der Waals surface area (Å²) >= 11 is 0. The zero-order valence-corrected chi connectivity index (χ0v) is 14.0. The summed E-state index contributed by atoms with van der Waals surface area (Å²) in [6.45, 7) is 6.09. The average Bonchev–Trinajstić information content (AvgIpc) is 3.05. The van der Waals surface area contributed by atoms with Crippen LogP contribution in [0.1, 0.15) is 30.3 Å². The van der Waals surface area contributed by atoms with Gasteiger partial charge in [0.25, 0.3) is 5.91 Å². The molecular formula is C17H23N5O2. The summed E-state index contributed by atoms with van der Waals surface area (Å²) in [7, 11) is 0. The summed E-state index contributed by atoms with van der Waals surface area (Å²) in [5.41, 5.74) is 1.23. The van der Waals surface area contributed by atoms with Gasteiger partial charge in [0.1, 0.15) is 0 Å².